The molecule has 1 heterocycles. The molecule has 4 nitrogen and oxygen atoms in total. The van der Waals surface area contributed by atoms with Gasteiger partial charge in [0.05, 0.1) is 6.54 Å². The Hall–Kier alpha value is -0.900. The van der Waals surface area contributed by atoms with Crippen LogP contribution in [0.2, 0.25) is 0 Å². The van der Waals surface area contributed by atoms with E-state index in [1.807, 2.05) is 11.9 Å². The zero-order valence-corrected chi connectivity index (χ0v) is 8.53. The molecule has 0 aromatic heterocycles. The Bertz CT molecular complexity index is 227. The van der Waals surface area contributed by atoms with Gasteiger partial charge in [0.15, 0.2) is 0 Å². The monoisotopic (exact) mass is 199 g/mol. The van der Waals surface area contributed by atoms with E-state index in [1.54, 1.807) is 0 Å². The van der Waals surface area contributed by atoms with Crippen molar-refractivity contribution in [2.75, 3.05) is 20.1 Å². The molecule has 0 aromatic carbocycles. The van der Waals surface area contributed by atoms with E-state index < -0.39 is 5.97 Å². The Morgan fingerprint density at radius 3 is 3.00 bits per heavy atom. The lowest BCUT2D eigenvalue weighted by atomic mass is 9.94. The molecule has 1 fully saturated rings. The fraction of sp³-hybridized carbons (Fsp3) is 0.800. The number of ketones is 1. The number of Topliss-reactive ketones (excluding diaryl/α,β-unsaturated/α-hetero) is 1. The zero-order chi connectivity index (χ0) is 10.6. The fourth-order valence-electron chi connectivity index (χ4n) is 1.85. The first-order valence-corrected chi connectivity index (χ1v) is 5.02. The van der Waals surface area contributed by atoms with Crippen molar-refractivity contribution in [3.63, 3.8) is 0 Å². The van der Waals surface area contributed by atoms with Crippen molar-refractivity contribution >= 4 is 11.8 Å². The maximum Gasteiger partial charge on any atom is 0.303 e. The van der Waals surface area contributed by atoms with Gasteiger partial charge in [0.25, 0.3) is 0 Å². The van der Waals surface area contributed by atoms with Gasteiger partial charge < -0.3 is 5.11 Å². The van der Waals surface area contributed by atoms with Crippen LogP contribution in [0.25, 0.3) is 0 Å². The van der Waals surface area contributed by atoms with Gasteiger partial charge in [0.2, 0.25) is 0 Å². The third kappa shape index (κ3) is 3.46. The highest BCUT2D eigenvalue weighted by Crippen LogP contribution is 2.18. The number of carboxylic acids is 1. The van der Waals surface area contributed by atoms with Crippen molar-refractivity contribution in [2.45, 2.75) is 25.7 Å². The van der Waals surface area contributed by atoms with E-state index in [1.165, 1.54) is 0 Å². The number of carbonyl (C=O) groups excluding carboxylic acids is 1. The summed E-state index contributed by atoms with van der Waals surface area (Å²) in [5.74, 6) is -0.641. The summed E-state index contributed by atoms with van der Waals surface area (Å²) < 4.78 is 0. The number of hydrogen-bond acceptors (Lipinski definition) is 3. The number of likely N-dealkylation sites (N-methyl/N-ethyl adjacent to an activating group) is 1. The first-order chi connectivity index (χ1) is 6.59. The van der Waals surface area contributed by atoms with Crippen LogP contribution in [0.15, 0.2) is 0 Å². The summed E-state index contributed by atoms with van der Waals surface area (Å²) in [4.78, 5) is 24.0. The Labute approximate surface area is 83.9 Å². The van der Waals surface area contributed by atoms with E-state index in [0.717, 1.165) is 19.4 Å². The highest BCUT2D eigenvalue weighted by atomic mass is 16.4. The second-order valence-electron chi connectivity index (χ2n) is 3.98. The molecule has 14 heavy (non-hydrogen) atoms. The molecule has 80 valence electrons. The Morgan fingerprint density at radius 1 is 1.64 bits per heavy atom. The first-order valence-electron chi connectivity index (χ1n) is 5.02. The summed E-state index contributed by atoms with van der Waals surface area (Å²) in [6.45, 7) is 1.42. The highest BCUT2D eigenvalue weighted by Gasteiger charge is 2.23. The van der Waals surface area contributed by atoms with Crippen LogP contribution in [0.1, 0.15) is 25.7 Å². The highest BCUT2D eigenvalue weighted by molar-refractivity contribution is 5.83. The van der Waals surface area contributed by atoms with E-state index >= 15 is 0 Å². The number of nitrogens with zero attached hydrogens (tertiary/aromatic N) is 1. The Balaban J connectivity index is 2.42. The number of carbonyl (C=O) groups is 2. The molecule has 0 bridgehead atoms. The SMILES string of the molecule is CN1CCCC(CCC(=O)O)C(=O)C1. The third-order valence-corrected chi connectivity index (χ3v) is 2.68. The predicted octanol–water partition coefficient (Wildman–Crippen LogP) is 0.762. The molecule has 0 aliphatic carbocycles. The lowest BCUT2D eigenvalue weighted by Gasteiger charge is -2.12. The predicted molar refractivity (Wildman–Crippen MR) is 52.1 cm³/mol. The van der Waals surface area contributed by atoms with E-state index in [9.17, 15) is 9.59 Å². The van der Waals surface area contributed by atoms with Crippen LogP contribution in [-0.4, -0.2) is 41.9 Å². The lowest BCUT2D eigenvalue weighted by molar-refractivity contribution is -0.137. The van der Waals surface area contributed by atoms with E-state index in [-0.39, 0.29) is 18.1 Å². The molecule has 1 aliphatic heterocycles. The molecule has 0 radical (unpaired) electrons. The van der Waals surface area contributed by atoms with Crippen molar-refractivity contribution in [3.8, 4) is 0 Å². The molecule has 0 spiro atoms. The van der Waals surface area contributed by atoms with Crippen molar-refractivity contribution < 1.29 is 14.7 Å². The van der Waals surface area contributed by atoms with Crippen LogP contribution < -0.4 is 0 Å². The van der Waals surface area contributed by atoms with Gasteiger partial charge in [-0.3, -0.25) is 14.5 Å². The lowest BCUT2D eigenvalue weighted by Crippen LogP contribution is -2.27. The quantitative estimate of drug-likeness (QED) is 0.729. The summed E-state index contributed by atoms with van der Waals surface area (Å²) >= 11 is 0. The molecule has 4 heteroatoms. The molecule has 1 atom stereocenters. The van der Waals surface area contributed by atoms with Gasteiger partial charge in [-0.1, -0.05) is 0 Å². The molecule has 0 saturated carbocycles. The minimum atomic E-state index is -0.810. The smallest absolute Gasteiger partial charge is 0.303 e. The number of likely N-dealkylation sites (tertiary alicyclic amines) is 1. The maximum absolute atomic E-state index is 11.6. The van der Waals surface area contributed by atoms with Gasteiger partial charge in [-0.2, -0.15) is 0 Å². The van der Waals surface area contributed by atoms with Crippen LogP contribution in [0.5, 0.6) is 0 Å². The second kappa shape index (κ2) is 5.10. The zero-order valence-electron chi connectivity index (χ0n) is 8.53. The minimum Gasteiger partial charge on any atom is -0.481 e. The third-order valence-electron chi connectivity index (χ3n) is 2.68. The molecule has 1 saturated heterocycles. The van der Waals surface area contributed by atoms with Crippen LogP contribution >= 0.6 is 0 Å². The molecule has 1 aliphatic rings. The summed E-state index contributed by atoms with van der Waals surface area (Å²) in [6, 6.07) is 0. The van der Waals surface area contributed by atoms with E-state index in [0.29, 0.717) is 13.0 Å². The number of aliphatic carboxylic acids is 1. The van der Waals surface area contributed by atoms with Crippen molar-refractivity contribution in [3.05, 3.63) is 0 Å². The molecular weight excluding hydrogens is 182 g/mol. The number of carboxylic acid groups (broad SMARTS) is 1. The van der Waals surface area contributed by atoms with Gasteiger partial charge in [0, 0.05) is 12.3 Å². The molecule has 1 rings (SSSR count). The summed E-state index contributed by atoms with van der Waals surface area (Å²) in [5.41, 5.74) is 0. The van der Waals surface area contributed by atoms with E-state index in [4.69, 9.17) is 5.11 Å². The molecular formula is C10H17NO3. The van der Waals surface area contributed by atoms with Gasteiger partial charge in [0.1, 0.15) is 5.78 Å². The standard InChI is InChI=1S/C10H17NO3/c1-11-6-2-3-8(9(12)7-11)4-5-10(13)14/h8H,2-7H2,1H3,(H,13,14). The van der Waals surface area contributed by atoms with Gasteiger partial charge in [-0.05, 0) is 32.9 Å². The second-order valence-corrected chi connectivity index (χ2v) is 3.98. The molecule has 1 unspecified atom stereocenters. The van der Waals surface area contributed by atoms with Crippen LogP contribution in [-0.2, 0) is 9.59 Å². The first kappa shape index (κ1) is 11.2. The fourth-order valence-corrected chi connectivity index (χ4v) is 1.85. The average Bonchev–Trinajstić information content (AvgIpc) is 2.23. The Kier molecular flexibility index (Phi) is 4.07. The molecule has 0 amide bonds. The van der Waals surface area contributed by atoms with Crippen molar-refractivity contribution in [2.24, 2.45) is 5.92 Å². The van der Waals surface area contributed by atoms with Gasteiger partial charge in [-0.25, -0.2) is 0 Å². The van der Waals surface area contributed by atoms with Crippen LogP contribution in [0.4, 0.5) is 0 Å². The number of rotatable bonds is 3. The maximum atomic E-state index is 11.6. The molecule has 0 aromatic rings. The molecule has 1 N–H and O–H groups in total. The van der Waals surface area contributed by atoms with Gasteiger partial charge >= 0.3 is 5.97 Å². The summed E-state index contributed by atoms with van der Waals surface area (Å²) in [6.07, 6.45) is 2.45. The topological polar surface area (TPSA) is 57.6 Å². The van der Waals surface area contributed by atoms with Crippen LogP contribution in [0, 0.1) is 5.92 Å². The number of hydrogen-bond donors (Lipinski definition) is 1. The van der Waals surface area contributed by atoms with Gasteiger partial charge in [-0.15, -0.1) is 0 Å². The summed E-state index contributed by atoms with van der Waals surface area (Å²) in [7, 11) is 1.93. The minimum absolute atomic E-state index is 0.0314. The van der Waals surface area contributed by atoms with Crippen molar-refractivity contribution in [1.29, 1.82) is 0 Å². The largest absolute Gasteiger partial charge is 0.481 e. The van der Waals surface area contributed by atoms with Crippen LogP contribution in [0.3, 0.4) is 0 Å². The Morgan fingerprint density at radius 2 is 2.36 bits per heavy atom. The van der Waals surface area contributed by atoms with E-state index in [2.05, 4.69) is 0 Å². The average molecular weight is 199 g/mol. The van der Waals surface area contributed by atoms with Crippen molar-refractivity contribution in [1.82, 2.24) is 4.90 Å². The summed E-state index contributed by atoms with van der Waals surface area (Å²) in [5, 5.41) is 8.53. The normalized spacial score (nSPS) is 24.6.